The van der Waals surface area contributed by atoms with Crippen LogP contribution in [0.3, 0.4) is 0 Å². The highest BCUT2D eigenvalue weighted by Gasteiger charge is 2.18. The Hall–Kier alpha value is -1.62. The van der Waals surface area contributed by atoms with E-state index in [-0.39, 0.29) is 6.10 Å². The fourth-order valence-corrected chi connectivity index (χ4v) is 1.96. The van der Waals surface area contributed by atoms with E-state index in [9.17, 15) is 5.11 Å². The molecule has 1 aromatic heterocycles. The first kappa shape index (κ1) is 11.9. The second-order valence-electron chi connectivity index (χ2n) is 4.17. The maximum Gasteiger partial charge on any atom is 0.134 e. The van der Waals surface area contributed by atoms with Crippen molar-refractivity contribution < 1.29 is 5.11 Å². The van der Waals surface area contributed by atoms with Crippen molar-refractivity contribution in [2.45, 2.75) is 18.9 Å². The van der Waals surface area contributed by atoms with E-state index in [1.807, 2.05) is 6.07 Å². The standard InChI is InChI=1S/C12H18N4O/c1-2-5-13-11-7-12(15-9-14-11)16-6-3-4-10(17)8-16/h2,7,9-10,17H,1,3-6,8H2,(H,13,14,15). The summed E-state index contributed by atoms with van der Waals surface area (Å²) in [7, 11) is 0. The minimum atomic E-state index is -0.247. The maximum absolute atomic E-state index is 9.64. The van der Waals surface area contributed by atoms with Crippen molar-refractivity contribution >= 4 is 11.6 Å². The molecule has 1 saturated heterocycles. The number of hydrogen-bond acceptors (Lipinski definition) is 5. The molecule has 0 amide bonds. The quantitative estimate of drug-likeness (QED) is 0.762. The van der Waals surface area contributed by atoms with Crippen LogP contribution in [0.4, 0.5) is 11.6 Å². The number of aliphatic hydroxyl groups excluding tert-OH is 1. The molecule has 2 heterocycles. The van der Waals surface area contributed by atoms with Crippen LogP contribution >= 0.6 is 0 Å². The molecule has 0 radical (unpaired) electrons. The van der Waals surface area contributed by atoms with Gasteiger partial charge in [0, 0.05) is 25.7 Å². The Morgan fingerprint density at radius 1 is 1.59 bits per heavy atom. The van der Waals surface area contributed by atoms with E-state index in [1.54, 1.807) is 12.4 Å². The lowest BCUT2D eigenvalue weighted by molar-refractivity contribution is 0.154. The molecule has 0 aliphatic carbocycles. The molecule has 0 spiro atoms. The van der Waals surface area contributed by atoms with Gasteiger partial charge in [-0.25, -0.2) is 9.97 Å². The zero-order valence-electron chi connectivity index (χ0n) is 9.84. The molecular weight excluding hydrogens is 216 g/mol. The van der Waals surface area contributed by atoms with Gasteiger partial charge in [0.15, 0.2) is 0 Å². The average Bonchev–Trinajstić information content (AvgIpc) is 2.37. The second-order valence-corrected chi connectivity index (χ2v) is 4.17. The fourth-order valence-electron chi connectivity index (χ4n) is 1.96. The van der Waals surface area contributed by atoms with Gasteiger partial charge in [-0.2, -0.15) is 0 Å². The Bertz CT molecular complexity index is 383. The van der Waals surface area contributed by atoms with Crippen LogP contribution in [0.1, 0.15) is 12.8 Å². The van der Waals surface area contributed by atoms with Gasteiger partial charge in [0.25, 0.3) is 0 Å². The molecule has 1 aliphatic rings. The number of hydrogen-bond donors (Lipinski definition) is 2. The monoisotopic (exact) mass is 234 g/mol. The molecule has 1 aliphatic heterocycles. The largest absolute Gasteiger partial charge is 0.391 e. The van der Waals surface area contributed by atoms with Crippen LogP contribution < -0.4 is 10.2 Å². The van der Waals surface area contributed by atoms with Crippen LogP contribution in [0.2, 0.25) is 0 Å². The van der Waals surface area contributed by atoms with Crippen molar-refractivity contribution in [2.75, 3.05) is 29.9 Å². The lowest BCUT2D eigenvalue weighted by Crippen LogP contribution is -2.38. The molecule has 0 bridgehead atoms. The van der Waals surface area contributed by atoms with Crippen molar-refractivity contribution in [3.05, 3.63) is 25.0 Å². The number of rotatable bonds is 4. The number of nitrogens with zero attached hydrogens (tertiary/aromatic N) is 3. The van der Waals surface area contributed by atoms with Gasteiger partial charge >= 0.3 is 0 Å². The third-order valence-electron chi connectivity index (χ3n) is 2.80. The number of anilines is 2. The summed E-state index contributed by atoms with van der Waals surface area (Å²) in [5.41, 5.74) is 0. The lowest BCUT2D eigenvalue weighted by Gasteiger charge is -2.31. The van der Waals surface area contributed by atoms with Crippen LogP contribution in [-0.2, 0) is 0 Å². The van der Waals surface area contributed by atoms with Crippen LogP contribution in [-0.4, -0.2) is 40.8 Å². The number of nitrogens with one attached hydrogen (secondary N) is 1. The first-order chi connectivity index (χ1) is 8.29. The average molecular weight is 234 g/mol. The number of aromatic nitrogens is 2. The van der Waals surface area contributed by atoms with Crippen LogP contribution in [0.25, 0.3) is 0 Å². The van der Waals surface area contributed by atoms with Gasteiger partial charge in [-0.05, 0) is 12.8 Å². The van der Waals surface area contributed by atoms with Crippen LogP contribution in [0, 0.1) is 0 Å². The molecule has 1 unspecified atom stereocenters. The van der Waals surface area contributed by atoms with E-state index in [0.29, 0.717) is 13.1 Å². The molecule has 92 valence electrons. The molecule has 0 saturated carbocycles. The van der Waals surface area contributed by atoms with Crippen molar-refractivity contribution in [2.24, 2.45) is 0 Å². The van der Waals surface area contributed by atoms with E-state index < -0.39 is 0 Å². The van der Waals surface area contributed by atoms with E-state index >= 15 is 0 Å². The van der Waals surface area contributed by atoms with Gasteiger partial charge in [0.05, 0.1) is 6.10 Å². The molecule has 5 nitrogen and oxygen atoms in total. The SMILES string of the molecule is C=CCNc1cc(N2CCCC(O)C2)ncn1. The van der Waals surface area contributed by atoms with Crippen molar-refractivity contribution in [1.29, 1.82) is 0 Å². The third-order valence-corrected chi connectivity index (χ3v) is 2.80. The highest BCUT2D eigenvalue weighted by Crippen LogP contribution is 2.19. The summed E-state index contributed by atoms with van der Waals surface area (Å²) >= 11 is 0. The molecule has 1 aromatic rings. The smallest absolute Gasteiger partial charge is 0.134 e. The number of β-amino-alcohol motifs (C(OH)–C–C–N with tert-alkyl or cyclic N) is 1. The van der Waals surface area contributed by atoms with E-state index in [0.717, 1.165) is 31.0 Å². The molecule has 5 heteroatoms. The lowest BCUT2D eigenvalue weighted by atomic mass is 10.1. The molecule has 2 N–H and O–H groups in total. The summed E-state index contributed by atoms with van der Waals surface area (Å²) in [4.78, 5) is 10.5. The Morgan fingerprint density at radius 2 is 2.47 bits per heavy atom. The van der Waals surface area contributed by atoms with Crippen molar-refractivity contribution in [3.8, 4) is 0 Å². The molecular formula is C12H18N4O. The summed E-state index contributed by atoms with van der Waals surface area (Å²) in [6.07, 6.45) is 4.96. The Balaban J connectivity index is 2.06. The molecule has 1 fully saturated rings. The summed E-state index contributed by atoms with van der Waals surface area (Å²) in [5, 5.41) is 12.8. The summed E-state index contributed by atoms with van der Waals surface area (Å²) in [6, 6.07) is 1.90. The second kappa shape index (κ2) is 5.63. The van der Waals surface area contributed by atoms with Crippen LogP contribution in [0.15, 0.2) is 25.0 Å². The molecule has 1 atom stereocenters. The zero-order valence-corrected chi connectivity index (χ0v) is 9.84. The van der Waals surface area contributed by atoms with E-state index in [1.165, 1.54) is 0 Å². The highest BCUT2D eigenvalue weighted by molar-refractivity contribution is 5.49. The summed E-state index contributed by atoms with van der Waals surface area (Å²) < 4.78 is 0. The van der Waals surface area contributed by atoms with Gasteiger partial charge in [-0.15, -0.1) is 6.58 Å². The van der Waals surface area contributed by atoms with Crippen molar-refractivity contribution in [3.63, 3.8) is 0 Å². The van der Waals surface area contributed by atoms with Gasteiger partial charge in [-0.3, -0.25) is 0 Å². The first-order valence-corrected chi connectivity index (χ1v) is 5.89. The summed E-state index contributed by atoms with van der Waals surface area (Å²) in [6.45, 7) is 5.92. The Labute approximate surface area is 101 Å². The van der Waals surface area contributed by atoms with Crippen LogP contribution in [0.5, 0.6) is 0 Å². The topological polar surface area (TPSA) is 61.3 Å². The van der Waals surface area contributed by atoms with E-state index in [4.69, 9.17) is 0 Å². The molecule has 0 aromatic carbocycles. The van der Waals surface area contributed by atoms with Crippen molar-refractivity contribution in [1.82, 2.24) is 9.97 Å². The summed E-state index contributed by atoms with van der Waals surface area (Å²) in [5.74, 6) is 1.65. The highest BCUT2D eigenvalue weighted by atomic mass is 16.3. The van der Waals surface area contributed by atoms with E-state index in [2.05, 4.69) is 26.8 Å². The zero-order chi connectivity index (χ0) is 12.1. The fraction of sp³-hybridized carbons (Fsp3) is 0.500. The third kappa shape index (κ3) is 3.17. The van der Waals surface area contributed by atoms with Gasteiger partial charge in [0.2, 0.25) is 0 Å². The Kier molecular flexibility index (Phi) is 3.93. The number of piperidine rings is 1. The first-order valence-electron chi connectivity index (χ1n) is 5.89. The Morgan fingerprint density at radius 3 is 3.24 bits per heavy atom. The maximum atomic E-state index is 9.64. The predicted molar refractivity (Wildman–Crippen MR) is 68.2 cm³/mol. The van der Waals surface area contributed by atoms with Gasteiger partial charge in [-0.1, -0.05) is 6.08 Å². The minimum absolute atomic E-state index is 0.247. The molecule has 17 heavy (non-hydrogen) atoms. The van der Waals surface area contributed by atoms with Gasteiger partial charge in [0.1, 0.15) is 18.0 Å². The normalized spacial score (nSPS) is 20.1. The minimum Gasteiger partial charge on any atom is -0.391 e. The van der Waals surface area contributed by atoms with Gasteiger partial charge < -0.3 is 15.3 Å². The predicted octanol–water partition coefficient (Wildman–Crippen LogP) is 1.04. The molecule has 2 rings (SSSR count). The number of aliphatic hydroxyl groups is 1.